The third-order valence-corrected chi connectivity index (χ3v) is 4.13. The van der Waals surface area contributed by atoms with Gasteiger partial charge in [-0.2, -0.15) is 0 Å². The first kappa shape index (κ1) is 14.7. The Morgan fingerprint density at radius 1 is 1.50 bits per heavy atom. The lowest BCUT2D eigenvalue weighted by Gasteiger charge is -2.32. The molecule has 1 aromatic heterocycles. The fraction of sp³-hybridized carbons (Fsp3) is 0.643. The predicted molar refractivity (Wildman–Crippen MR) is 78.8 cm³/mol. The van der Waals surface area contributed by atoms with Gasteiger partial charge in [0.15, 0.2) is 0 Å². The van der Waals surface area contributed by atoms with Gasteiger partial charge in [0.1, 0.15) is 0 Å². The first-order valence-corrected chi connectivity index (χ1v) is 7.17. The first-order chi connectivity index (χ1) is 9.58. The van der Waals surface area contributed by atoms with Gasteiger partial charge < -0.3 is 10.6 Å². The third-order valence-electron chi connectivity index (χ3n) is 4.13. The number of hydrogen-bond acceptors (Lipinski definition) is 5. The van der Waals surface area contributed by atoms with E-state index in [1.165, 1.54) is 0 Å². The summed E-state index contributed by atoms with van der Waals surface area (Å²) in [6.07, 6.45) is 3.25. The summed E-state index contributed by atoms with van der Waals surface area (Å²) in [4.78, 5) is 17.4. The number of nitro groups is 1. The van der Waals surface area contributed by atoms with Crippen LogP contribution in [-0.4, -0.2) is 29.0 Å². The van der Waals surface area contributed by atoms with Crippen LogP contribution in [0.4, 0.5) is 11.5 Å². The maximum Gasteiger partial charge on any atom is 0.311 e. The largest absolute Gasteiger partial charge is 0.348 e. The summed E-state index contributed by atoms with van der Waals surface area (Å²) >= 11 is 0. The molecule has 0 amide bonds. The van der Waals surface area contributed by atoms with Crippen molar-refractivity contribution >= 4 is 11.5 Å². The second-order valence-corrected chi connectivity index (χ2v) is 5.33. The Balaban J connectivity index is 2.40. The van der Waals surface area contributed by atoms with Crippen molar-refractivity contribution in [2.45, 2.75) is 39.2 Å². The molecule has 0 aromatic carbocycles. The van der Waals surface area contributed by atoms with E-state index in [-0.39, 0.29) is 16.7 Å². The first-order valence-electron chi connectivity index (χ1n) is 7.17. The van der Waals surface area contributed by atoms with E-state index in [4.69, 9.17) is 5.73 Å². The lowest BCUT2D eigenvalue weighted by atomic mass is 10.0. The molecule has 0 saturated heterocycles. The maximum atomic E-state index is 11.2. The molecule has 0 spiro atoms. The van der Waals surface area contributed by atoms with Crippen molar-refractivity contribution in [1.82, 2.24) is 4.98 Å². The highest BCUT2D eigenvalue weighted by atomic mass is 16.6. The van der Waals surface area contributed by atoms with Gasteiger partial charge in [-0.1, -0.05) is 6.42 Å². The molecule has 2 atom stereocenters. The standard InChI is InChI=1S/C14H22N4O2/c1-3-17(12-6-4-5-11(12)9-15)14-13(18(19)20)8-7-10(2)16-14/h7-8,11-12H,3-6,9,15H2,1-2H3. The molecule has 1 fully saturated rings. The molecule has 6 heteroatoms. The van der Waals surface area contributed by atoms with Gasteiger partial charge in [-0.05, 0) is 45.2 Å². The molecule has 1 aliphatic rings. The average Bonchev–Trinajstić information content (AvgIpc) is 2.87. The fourth-order valence-corrected chi connectivity index (χ4v) is 3.13. The predicted octanol–water partition coefficient (Wildman–Crippen LogP) is 2.25. The monoisotopic (exact) mass is 278 g/mol. The van der Waals surface area contributed by atoms with Crippen LogP contribution in [0, 0.1) is 23.0 Å². The normalized spacial score (nSPS) is 21.9. The van der Waals surface area contributed by atoms with Gasteiger partial charge in [0.05, 0.1) is 4.92 Å². The van der Waals surface area contributed by atoms with E-state index >= 15 is 0 Å². The van der Waals surface area contributed by atoms with Crippen molar-refractivity contribution in [3.05, 3.63) is 27.9 Å². The van der Waals surface area contributed by atoms with Crippen LogP contribution in [-0.2, 0) is 0 Å². The van der Waals surface area contributed by atoms with Gasteiger partial charge in [0, 0.05) is 24.3 Å². The Morgan fingerprint density at radius 2 is 2.25 bits per heavy atom. The molecule has 1 aliphatic carbocycles. The number of aromatic nitrogens is 1. The third kappa shape index (κ3) is 2.75. The number of nitrogens with two attached hydrogens (primary N) is 1. The average molecular weight is 278 g/mol. The van der Waals surface area contributed by atoms with Crippen molar-refractivity contribution in [2.24, 2.45) is 11.7 Å². The lowest BCUT2D eigenvalue weighted by Crippen LogP contribution is -2.41. The molecule has 6 nitrogen and oxygen atoms in total. The highest BCUT2D eigenvalue weighted by molar-refractivity contribution is 5.59. The number of pyridine rings is 1. The van der Waals surface area contributed by atoms with E-state index in [2.05, 4.69) is 9.88 Å². The molecule has 2 N–H and O–H groups in total. The van der Waals surface area contributed by atoms with Crippen LogP contribution in [0.2, 0.25) is 0 Å². The quantitative estimate of drug-likeness (QED) is 0.659. The van der Waals surface area contributed by atoms with Crippen molar-refractivity contribution in [3.8, 4) is 0 Å². The van der Waals surface area contributed by atoms with Gasteiger partial charge in [-0.25, -0.2) is 4.98 Å². The molecule has 2 unspecified atom stereocenters. The maximum absolute atomic E-state index is 11.2. The summed E-state index contributed by atoms with van der Waals surface area (Å²) in [5.41, 5.74) is 6.72. The molecule has 1 aromatic rings. The molecule has 20 heavy (non-hydrogen) atoms. The summed E-state index contributed by atoms with van der Waals surface area (Å²) < 4.78 is 0. The van der Waals surface area contributed by atoms with Crippen molar-refractivity contribution < 1.29 is 4.92 Å². The van der Waals surface area contributed by atoms with Gasteiger partial charge >= 0.3 is 5.69 Å². The second-order valence-electron chi connectivity index (χ2n) is 5.33. The summed E-state index contributed by atoms with van der Waals surface area (Å²) in [6, 6.07) is 3.50. The molecule has 0 aliphatic heterocycles. The molecular formula is C14H22N4O2. The highest BCUT2D eigenvalue weighted by Crippen LogP contribution is 2.35. The Morgan fingerprint density at radius 3 is 2.85 bits per heavy atom. The number of aryl methyl sites for hydroxylation is 1. The van der Waals surface area contributed by atoms with E-state index < -0.39 is 0 Å². The van der Waals surface area contributed by atoms with Crippen molar-refractivity contribution in [3.63, 3.8) is 0 Å². The number of rotatable bonds is 5. The van der Waals surface area contributed by atoms with Crippen LogP contribution < -0.4 is 10.6 Å². The van der Waals surface area contributed by atoms with Crippen LogP contribution >= 0.6 is 0 Å². The van der Waals surface area contributed by atoms with Crippen LogP contribution in [0.25, 0.3) is 0 Å². The van der Waals surface area contributed by atoms with E-state index in [1.807, 2.05) is 13.8 Å². The van der Waals surface area contributed by atoms with Gasteiger partial charge in [0.2, 0.25) is 5.82 Å². The van der Waals surface area contributed by atoms with Crippen LogP contribution in [0.15, 0.2) is 12.1 Å². The number of hydrogen-bond donors (Lipinski definition) is 1. The zero-order valence-electron chi connectivity index (χ0n) is 12.1. The molecule has 110 valence electrons. The zero-order chi connectivity index (χ0) is 14.7. The Hall–Kier alpha value is -1.69. The van der Waals surface area contributed by atoms with Gasteiger partial charge in [0.25, 0.3) is 0 Å². The SMILES string of the molecule is CCN(c1nc(C)ccc1[N+](=O)[O-])C1CCCC1CN. The van der Waals surface area contributed by atoms with Crippen LogP contribution in [0.5, 0.6) is 0 Å². The van der Waals surface area contributed by atoms with E-state index in [9.17, 15) is 10.1 Å². The summed E-state index contributed by atoms with van der Waals surface area (Å²) in [5.74, 6) is 0.889. The smallest absolute Gasteiger partial charge is 0.311 e. The summed E-state index contributed by atoms with van der Waals surface area (Å²) in [7, 11) is 0. The number of nitrogens with zero attached hydrogens (tertiary/aromatic N) is 3. The van der Waals surface area contributed by atoms with Gasteiger partial charge in [-0.3, -0.25) is 10.1 Å². The highest BCUT2D eigenvalue weighted by Gasteiger charge is 2.34. The molecule has 0 bridgehead atoms. The fourth-order valence-electron chi connectivity index (χ4n) is 3.13. The second kappa shape index (κ2) is 6.17. The Bertz CT molecular complexity index is 492. The van der Waals surface area contributed by atoms with E-state index in [1.54, 1.807) is 12.1 Å². The minimum Gasteiger partial charge on any atom is -0.348 e. The van der Waals surface area contributed by atoms with Crippen LogP contribution in [0.3, 0.4) is 0 Å². The molecule has 0 radical (unpaired) electrons. The molecular weight excluding hydrogens is 256 g/mol. The Kier molecular flexibility index (Phi) is 4.54. The summed E-state index contributed by atoms with van der Waals surface area (Å²) in [5, 5.41) is 11.2. The number of anilines is 1. The van der Waals surface area contributed by atoms with E-state index in [0.29, 0.717) is 24.8 Å². The Labute approximate surface area is 119 Å². The van der Waals surface area contributed by atoms with Crippen molar-refractivity contribution in [1.29, 1.82) is 0 Å². The van der Waals surface area contributed by atoms with Crippen molar-refractivity contribution in [2.75, 3.05) is 18.0 Å². The lowest BCUT2D eigenvalue weighted by molar-refractivity contribution is -0.384. The minimum atomic E-state index is -0.350. The zero-order valence-corrected chi connectivity index (χ0v) is 12.1. The van der Waals surface area contributed by atoms with Gasteiger partial charge in [-0.15, -0.1) is 0 Å². The van der Waals surface area contributed by atoms with E-state index in [0.717, 1.165) is 25.0 Å². The van der Waals surface area contributed by atoms with Crippen LogP contribution in [0.1, 0.15) is 31.9 Å². The molecule has 1 heterocycles. The molecule has 1 saturated carbocycles. The summed E-state index contributed by atoms with van der Waals surface area (Å²) in [6.45, 7) is 5.20. The molecule has 2 rings (SSSR count). The topological polar surface area (TPSA) is 85.3 Å². The minimum absolute atomic E-state index is 0.0834.